The molecule has 1 saturated carbocycles. The Bertz CT molecular complexity index is 723. The summed E-state index contributed by atoms with van der Waals surface area (Å²) in [6.45, 7) is 6.16. The van der Waals surface area contributed by atoms with Crippen LogP contribution < -0.4 is 5.32 Å². The number of fused-ring (bicyclic) bond motifs is 1. The third-order valence-corrected chi connectivity index (χ3v) is 5.61. The molecule has 4 heteroatoms. The molecular weight excluding hydrogens is 304 g/mol. The molecule has 1 aromatic carbocycles. The van der Waals surface area contributed by atoms with Crippen molar-refractivity contribution in [1.82, 2.24) is 10.3 Å². The van der Waals surface area contributed by atoms with Crippen LogP contribution in [0.25, 0.3) is 10.9 Å². The fourth-order valence-electron chi connectivity index (χ4n) is 3.21. The van der Waals surface area contributed by atoms with Gasteiger partial charge < -0.3 is 5.32 Å². The Balaban J connectivity index is 1.75. The number of amides is 1. The molecule has 0 radical (unpaired) electrons. The second-order valence-corrected chi connectivity index (χ2v) is 7.86. The van der Waals surface area contributed by atoms with Crippen molar-refractivity contribution >= 4 is 28.6 Å². The van der Waals surface area contributed by atoms with Crippen LogP contribution in [0, 0.1) is 13.8 Å². The molecule has 1 aliphatic rings. The van der Waals surface area contributed by atoms with E-state index in [0.717, 1.165) is 23.4 Å². The summed E-state index contributed by atoms with van der Waals surface area (Å²) in [6.07, 6.45) is 4.71. The van der Waals surface area contributed by atoms with Gasteiger partial charge in [0.1, 0.15) is 0 Å². The van der Waals surface area contributed by atoms with Crippen LogP contribution in [-0.2, 0) is 4.79 Å². The van der Waals surface area contributed by atoms with E-state index in [1.165, 1.54) is 29.4 Å². The van der Waals surface area contributed by atoms with Gasteiger partial charge in [-0.2, -0.15) is 0 Å². The molecule has 0 saturated heterocycles. The Labute approximate surface area is 142 Å². The minimum absolute atomic E-state index is 0.121. The normalized spacial score (nSPS) is 16.7. The van der Waals surface area contributed by atoms with Gasteiger partial charge in [-0.15, -0.1) is 0 Å². The minimum atomic E-state index is -0.121. The molecule has 0 unspecified atom stereocenters. The van der Waals surface area contributed by atoms with Crippen molar-refractivity contribution in [2.45, 2.75) is 62.8 Å². The van der Waals surface area contributed by atoms with Gasteiger partial charge in [-0.25, -0.2) is 4.98 Å². The summed E-state index contributed by atoms with van der Waals surface area (Å²) in [5, 5.41) is 5.17. The molecule has 3 rings (SSSR count). The summed E-state index contributed by atoms with van der Waals surface area (Å²) in [5.41, 5.74) is 3.43. The molecule has 0 aliphatic heterocycles. The summed E-state index contributed by atoms with van der Waals surface area (Å²) < 4.78 is 0. The molecule has 1 aliphatic carbocycles. The summed E-state index contributed by atoms with van der Waals surface area (Å²) in [5.74, 6) is 0.131. The Morgan fingerprint density at radius 1 is 1.26 bits per heavy atom. The van der Waals surface area contributed by atoms with Gasteiger partial charge in [0.2, 0.25) is 5.91 Å². The lowest BCUT2D eigenvalue weighted by molar-refractivity contribution is -0.120. The van der Waals surface area contributed by atoms with Crippen molar-refractivity contribution in [2.75, 3.05) is 0 Å². The standard InChI is InChI=1S/C19H24N2OS/c1-12-7-6-10-16-13(2)11-17(21-18(12)16)23-14(3)19(22)20-15-8-4-5-9-15/h6-7,10-11,14-15H,4-5,8-9H2,1-3H3,(H,20,22)/t14-/m0/s1. The first-order chi connectivity index (χ1) is 11.0. The maximum Gasteiger partial charge on any atom is 0.233 e. The third kappa shape index (κ3) is 3.69. The number of carbonyl (C=O) groups excluding carboxylic acids is 1. The van der Waals surface area contributed by atoms with Gasteiger partial charge in [0.05, 0.1) is 15.8 Å². The van der Waals surface area contributed by atoms with E-state index in [-0.39, 0.29) is 11.2 Å². The van der Waals surface area contributed by atoms with Crippen LogP contribution in [0.2, 0.25) is 0 Å². The average molecular weight is 328 g/mol. The quantitative estimate of drug-likeness (QED) is 0.846. The molecule has 1 fully saturated rings. The van der Waals surface area contributed by atoms with Crippen molar-refractivity contribution in [1.29, 1.82) is 0 Å². The highest BCUT2D eigenvalue weighted by Crippen LogP contribution is 2.28. The zero-order chi connectivity index (χ0) is 16.4. The maximum atomic E-state index is 12.4. The predicted molar refractivity (Wildman–Crippen MR) is 96.9 cm³/mol. The number of aromatic nitrogens is 1. The highest BCUT2D eigenvalue weighted by Gasteiger charge is 2.21. The second kappa shape index (κ2) is 6.91. The number of hydrogen-bond acceptors (Lipinski definition) is 3. The number of rotatable bonds is 4. The summed E-state index contributed by atoms with van der Waals surface area (Å²) in [6, 6.07) is 8.72. The smallest absolute Gasteiger partial charge is 0.233 e. The largest absolute Gasteiger partial charge is 0.352 e. The Kier molecular flexibility index (Phi) is 4.90. The second-order valence-electron chi connectivity index (χ2n) is 6.50. The van der Waals surface area contributed by atoms with Crippen LogP contribution in [0.4, 0.5) is 0 Å². The number of nitrogens with zero attached hydrogens (tertiary/aromatic N) is 1. The zero-order valence-electron chi connectivity index (χ0n) is 14.1. The van der Waals surface area contributed by atoms with E-state index in [9.17, 15) is 4.79 Å². The van der Waals surface area contributed by atoms with E-state index < -0.39 is 0 Å². The molecule has 3 nitrogen and oxygen atoms in total. The molecule has 1 aromatic heterocycles. The van der Waals surface area contributed by atoms with Crippen molar-refractivity contribution < 1.29 is 4.79 Å². The number of pyridine rings is 1. The van der Waals surface area contributed by atoms with E-state index >= 15 is 0 Å². The lowest BCUT2D eigenvalue weighted by Gasteiger charge is -2.16. The number of aryl methyl sites for hydroxylation is 2. The molecule has 1 N–H and O–H groups in total. The summed E-state index contributed by atoms with van der Waals surface area (Å²) >= 11 is 1.55. The Morgan fingerprint density at radius 2 is 2.00 bits per heavy atom. The Hall–Kier alpha value is -1.55. The molecule has 1 atom stereocenters. The van der Waals surface area contributed by atoms with Crippen LogP contribution in [0.1, 0.15) is 43.7 Å². The van der Waals surface area contributed by atoms with E-state index in [1.54, 1.807) is 11.8 Å². The highest BCUT2D eigenvalue weighted by molar-refractivity contribution is 8.00. The SMILES string of the molecule is Cc1cc(S[C@@H](C)C(=O)NC2CCCC2)nc2c(C)cccc12. The van der Waals surface area contributed by atoms with Crippen LogP contribution in [0.5, 0.6) is 0 Å². The first-order valence-corrected chi connectivity index (χ1v) is 9.26. The van der Waals surface area contributed by atoms with Gasteiger partial charge >= 0.3 is 0 Å². The van der Waals surface area contributed by atoms with Crippen molar-refractivity contribution in [2.24, 2.45) is 0 Å². The van der Waals surface area contributed by atoms with Crippen LogP contribution >= 0.6 is 11.8 Å². The van der Waals surface area contributed by atoms with Crippen LogP contribution in [0.15, 0.2) is 29.3 Å². The molecule has 1 heterocycles. The summed E-state index contributed by atoms with van der Waals surface area (Å²) in [4.78, 5) is 17.1. The van der Waals surface area contributed by atoms with Crippen LogP contribution in [0.3, 0.4) is 0 Å². The number of benzene rings is 1. The predicted octanol–water partition coefficient (Wildman–Crippen LogP) is 4.39. The van der Waals surface area contributed by atoms with Gasteiger partial charge in [0, 0.05) is 11.4 Å². The summed E-state index contributed by atoms with van der Waals surface area (Å²) in [7, 11) is 0. The molecule has 0 spiro atoms. The van der Waals surface area contributed by atoms with Crippen LogP contribution in [-0.4, -0.2) is 22.2 Å². The monoisotopic (exact) mass is 328 g/mol. The molecule has 1 amide bonds. The molecular formula is C19H24N2OS. The molecule has 122 valence electrons. The van der Waals surface area contributed by atoms with E-state index in [1.807, 2.05) is 6.92 Å². The first-order valence-electron chi connectivity index (χ1n) is 8.38. The zero-order valence-corrected chi connectivity index (χ0v) is 14.9. The number of hydrogen-bond donors (Lipinski definition) is 1. The first kappa shape index (κ1) is 16.3. The van der Waals surface area contributed by atoms with Crippen molar-refractivity contribution in [3.8, 4) is 0 Å². The van der Waals surface area contributed by atoms with Gasteiger partial charge in [-0.05, 0) is 50.8 Å². The molecule has 0 bridgehead atoms. The van der Waals surface area contributed by atoms with Gasteiger partial charge in [-0.1, -0.05) is 42.8 Å². The maximum absolute atomic E-state index is 12.4. The average Bonchev–Trinajstić information content (AvgIpc) is 3.01. The number of para-hydroxylation sites is 1. The Morgan fingerprint density at radius 3 is 2.74 bits per heavy atom. The van der Waals surface area contributed by atoms with E-state index in [0.29, 0.717) is 6.04 Å². The highest BCUT2D eigenvalue weighted by atomic mass is 32.2. The van der Waals surface area contributed by atoms with Crippen molar-refractivity contribution in [3.63, 3.8) is 0 Å². The van der Waals surface area contributed by atoms with E-state index in [4.69, 9.17) is 4.98 Å². The van der Waals surface area contributed by atoms with Gasteiger partial charge in [0.15, 0.2) is 0 Å². The van der Waals surface area contributed by atoms with Crippen molar-refractivity contribution in [3.05, 3.63) is 35.4 Å². The third-order valence-electron chi connectivity index (χ3n) is 4.59. The number of nitrogens with one attached hydrogen (secondary N) is 1. The number of thioether (sulfide) groups is 1. The van der Waals surface area contributed by atoms with E-state index in [2.05, 4.69) is 43.4 Å². The van der Waals surface area contributed by atoms with Gasteiger partial charge in [0.25, 0.3) is 0 Å². The molecule has 2 aromatic rings. The fourth-order valence-corrected chi connectivity index (χ4v) is 4.14. The minimum Gasteiger partial charge on any atom is -0.352 e. The molecule has 23 heavy (non-hydrogen) atoms. The topological polar surface area (TPSA) is 42.0 Å². The number of carbonyl (C=O) groups is 1. The van der Waals surface area contributed by atoms with Gasteiger partial charge in [-0.3, -0.25) is 4.79 Å². The fraction of sp³-hybridized carbons (Fsp3) is 0.474. The lowest BCUT2D eigenvalue weighted by Crippen LogP contribution is -2.37. The lowest BCUT2D eigenvalue weighted by atomic mass is 10.1.